The Balaban J connectivity index is 1.40. The minimum Gasteiger partial charge on any atom is -0.478 e. The number of carbonyl (C=O) groups excluding carboxylic acids is 1. The highest BCUT2D eigenvalue weighted by Crippen LogP contribution is 2.40. The number of nitrogens with one attached hydrogen (secondary N) is 1. The van der Waals surface area contributed by atoms with Gasteiger partial charge in [-0.15, -0.1) is 0 Å². The monoisotopic (exact) mass is 510 g/mol. The van der Waals surface area contributed by atoms with Crippen molar-refractivity contribution in [2.24, 2.45) is 0 Å². The zero-order valence-electron chi connectivity index (χ0n) is 18.8. The molecule has 0 aromatic heterocycles. The molecule has 33 heavy (non-hydrogen) atoms. The van der Waals surface area contributed by atoms with E-state index in [9.17, 15) is 13.2 Å². The number of ether oxygens (including phenoxy) is 1. The first-order chi connectivity index (χ1) is 15.4. The Morgan fingerprint density at radius 2 is 1.64 bits per heavy atom. The maximum atomic E-state index is 13.0. The van der Waals surface area contributed by atoms with E-state index < -0.39 is 15.4 Å². The van der Waals surface area contributed by atoms with Gasteiger partial charge in [0.25, 0.3) is 5.91 Å². The van der Waals surface area contributed by atoms with Gasteiger partial charge in [0.1, 0.15) is 5.75 Å². The van der Waals surface area contributed by atoms with E-state index in [0.29, 0.717) is 32.8 Å². The van der Waals surface area contributed by atoms with Crippen LogP contribution in [0.2, 0.25) is 10.0 Å². The van der Waals surface area contributed by atoms with E-state index in [1.165, 1.54) is 6.26 Å². The van der Waals surface area contributed by atoms with E-state index in [1.54, 1.807) is 44.2 Å². The van der Waals surface area contributed by atoms with Gasteiger partial charge in [0, 0.05) is 36.1 Å². The predicted octanol–water partition coefficient (Wildman–Crippen LogP) is 4.87. The minimum absolute atomic E-state index is 0.0539. The molecule has 178 valence electrons. The van der Waals surface area contributed by atoms with Crippen LogP contribution in [0.15, 0.2) is 47.4 Å². The summed E-state index contributed by atoms with van der Waals surface area (Å²) >= 11 is 12.0. The second kappa shape index (κ2) is 9.01. The molecule has 6 nitrogen and oxygen atoms in total. The molecule has 2 aromatic rings. The van der Waals surface area contributed by atoms with Gasteiger partial charge in [-0.2, -0.15) is 0 Å². The Labute approximate surface area is 205 Å². The number of sulfone groups is 1. The van der Waals surface area contributed by atoms with Crippen LogP contribution in [0.3, 0.4) is 0 Å². The summed E-state index contributed by atoms with van der Waals surface area (Å²) in [5, 5.41) is 3.98. The summed E-state index contributed by atoms with van der Waals surface area (Å²) in [6.45, 7) is 3.47. The van der Waals surface area contributed by atoms with Crippen molar-refractivity contribution in [2.45, 2.75) is 68.2 Å². The maximum Gasteiger partial charge on any atom is 0.263 e. The van der Waals surface area contributed by atoms with Gasteiger partial charge in [-0.3, -0.25) is 4.79 Å². The van der Waals surface area contributed by atoms with Crippen molar-refractivity contribution < 1.29 is 17.9 Å². The minimum atomic E-state index is -3.22. The second-order valence-electron chi connectivity index (χ2n) is 9.39. The molecule has 2 aromatic carbocycles. The number of carbonyl (C=O) groups is 1. The van der Waals surface area contributed by atoms with E-state index in [-0.39, 0.29) is 11.9 Å². The average Bonchev–Trinajstić information content (AvgIpc) is 3.00. The quantitative estimate of drug-likeness (QED) is 0.599. The SMILES string of the molecule is CC(C)(Oc1ccc(Cl)c(Cl)c1)C(=O)NC1CC2CCC(C1)N2c1ccc(S(C)(=O)=O)cc1. The van der Waals surface area contributed by atoms with Crippen molar-refractivity contribution in [2.75, 3.05) is 11.2 Å². The zero-order chi connectivity index (χ0) is 24.0. The van der Waals surface area contributed by atoms with Gasteiger partial charge in [0.05, 0.1) is 14.9 Å². The number of anilines is 1. The van der Waals surface area contributed by atoms with Crippen LogP contribution in [0.1, 0.15) is 39.5 Å². The largest absolute Gasteiger partial charge is 0.478 e. The molecular weight excluding hydrogens is 483 g/mol. The molecule has 0 saturated carbocycles. The number of amides is 1. The number of fused-ring (bicyclic) bond motifs is 2. The summed E-state index contributed by atoms with van der Waals surface area (Å²) in [5.41, 5.74) is -0.0441. The maximum absolute atomic E-state index is 13.0. The molecule has 4 rings (SSSR count). The number of hydrogen-bond acceptors (Lipinski definition) is 5. The summed E-state index contributed by atoms with van der Waals surface area (Å²) < 4.78 is 29.4. The molecule has 2 aliphatic rings. The fourth-order valence-electron chi connectivity index (χ4n) is 4.82. The summed E-state index contributed by atoms with van der Waals surface area (Å²) in [7, 11) is -3.22. The number of benzene rings is 2. The van der Waals surface area contributed by atoms with E-state index in [4.69, 9.17) is 27.9 Å². The number of piperidine rings is 1. The zero-order valence-corrected chi connectivity index (χ0v) is 21.2. The van der Waals surface area contributed by atoms with Crippen LogP contribution in [0.5, 0.6) is 5.75 Å². The van der Waals surface area contributed by atoms with Crippen LogP contribution in [-0.2, 0) is 14.6 Å². The molecule has 0 radical (unpaired) electrons. The molecule has 9 heteroatoms. The number of rotatable bonds is 6. The van der Waals surface area contributed by atoms with Gasteiger partial charge in [-0.1, -0.05) is 23.2 Å². The number of halogens is 2. The number of nitrogens with zero attached hydrogens (tertiary/aromatic N) is 1. The molecule has 2 atom stereocenters. The van der Waals surface area contributed by atoms with Gasteiger partial charge >= 0.3 is 0 Å². The smallest absolute Gasteiger partial charge is 0.263 e. The normalized spacial score (nSPS) is 22.8. The van der Waals surface area contributed by atoms with Crippen LogP contribution in [0.4, 0.5) is 5.69 Å². The first kappa shape index (κ1) is 24.2. The van der Waals surface area contributed by atoms with Crippen molar-refractivity contribution in [3.63, 3.8) is 0 Å². The Kier molecular flexibility index (Phi) is 6.60. The summed E-state index contributed by atoms with van der Waals surface area (Å²) in [5.74, 6) is 0.306. The highest BCUT2D eigenvalue weighted by molar-refractivity contribution is 7.90. The van der Waals surface area contributed by atoms with Crippen molar-refractivity contribution in [3.8, 4) is 5.75 Å². The Hall–Kier alpha value is -1.96. The van der Waals surface area contributed by atoms with Gasteiger partial charge in [0.15, 0.2) is 15.4 Å². The van der Waals surface area contributed by atoms with E-state index in [1.807, 2.05) is 12.1 Å². The molecule has 2 aliphatic heterocycles. The predicted molar refractivity (Wildman–Crippen MR) is 131 cm³/mol. The lowest BCUT2D eigenvalue weighted by Crippen LogP contribution is -2.55. The molecule has 2 unspecified atom stereocenters. The standard InChI is InChI=1S/C24H28Cl2N2O4S/c1-24(2,32-19-8-11-21(25)22(26)14-19)23(29)27-15-12-17-4-5-18(13-15)28(17)16-6-9-20(10-7-16)33(3,30)31/h6-11,14-15,17-18H,4-5,12-13H2,1-3H3,(H,27,29). The summed E-state index contributed by atoms with van der Waals surface area (Å²) in [4.78, 5) is 15.7. The highest BCUT2D eigenvalue weighted by Gasteiger charge is 2.42. The third-order valence-corrected chi connectivity index (χ3v) is 8.31. The first-order valence-electron chi connectivity index (χ1n) is 11.0. The second-order valence-corrected chi connectivity index (χ2v) is 12.2. The Bertz CT molecular complexity index is 1140. The molecular formula is C24H28Cl2N2O4S. The highest BCUT2D eigenvalue weighted by atomic mass is 35.5. The van der Waals surface area contributed by atoms with Crippen LogP contribution in [-0.4, -0.2) is 44.3 Å². The topological polar surface area (TPSA) is 75.7 Å². The fraction of sp³-hybridized carbons (Fsp3) is 0.458. The van der Waals surface area contributed by atoms with Gasteiger partial charge in [0.2, 0.25) is 0 Å². The third kappa shape index (κ3) is 5.26. The molecule has 2 saturated heterocycles. The lowest BCUT2D eigenvalue weighted by molar-refractivity contribution is -0.135. The Morgan fingerprint density at radius 3 is 2.18 bits per heavy atom. The van der Waals surface area contributed by atoms with Gasteiger partial charge < -0.3 is 15.0 Å². The van der Waals surface area contributed by atoms with Crippen LogP contribution < -0.4 is 15.0 Å². The molecule has 2 fully saturated rings. The molecule has 2 bridgehead atoms. The van der Waals surface area contributed by atoms with E-state index >= 15 is 0 Å². The Morgan fingerprint density at radius 1 is 1.03 bits per heavy atom. The average molecular weight is 511 g/mol. The molecule has 0 aliphatic carbocycles. The fourth-order valence-corrected chi connectivity index (χ4v) is 5.74. The van der Waals surface area contributed by atoms with Crippen molar-refractivity contribution in [1.29, 1.82) is 0 Å². The van der Waals surface area contributed by atoms with Crippen molar-refractivity contribution >= 4 is 44.6 Å². The molecule has 1 N–H and O–H groups in total. The lowest BCUT2D eigenvalue weighted by Gasteiger charge is -2.41. The third-order valence-electron chi connectivity index (χ3n) is 6.44. The number of hydrogen-bond donors (Lipinski definition) is 1. The van der Waals surface area contributed by atoms with Crippen molar-refractivity contribution in [3.05, 3.63) is 52.5 Å². The molecule has 2 heterocycles. The summed E-state index contributed by atoms with van der Waals surface area (Å²) in [6.07, 6.45) is 4.98. The lowest BCUT2D eigenvalue weighted by atomic mass is 9.95. The first-order valence-corrected chi connectivity index (χ1v) is 13.6. The molecule has 0 spiro atoms. The van der Waals surface area contributed by atoms with Gasteiger partial charge in [-0.25, -0.2) is 8.42 Å². The van der Waals surface area contributed by atoms with E-state index in [2.05, 4.69) is 10.2 Å². The van der Waals surface area contributed by atoms with E-state index in [0.717, 1.165) is 31.4 Å². The molecule has 1 amide bonds. The van der Waals surface area contributed by atoms with Gasteiger partial charge in [-0.05, 0) is 75.9 Å². The van der Waals surface area contributed by atoms with Crippen LogP contribution in [0, 0.1) is 0 Å². The van der Waals surface area contributed by atoms with Crippen LogP contribution in [0.25, 0.3) is 0 Å². The van der Waals surface area contributed by atoms with Crippen LogP contribution >= 0.6 is 23.2 Å². The summed E-state index contributed by atoms with van der Waals surface area (Å²) in [6, 6.07) is 12.7. The van der Waals surface area contributed by atoms with Crippen molar-refractivity contribution in [1.82, 2.24) is 5.32 Å².